The maximum atomic E-state index is 7.75. The van der Waals surface area contributed by atoms with Gasteiger partial charge in [-0.2, -0.15) is 0 Å². The van der Waals surface area contributed by atoms with Gasteiger partial charge in [0.25, 0.3) is 0 Å². The molecular formula is C8H36N4O8Ti. The summed E-state index contributed by atoms with van der Waals surface area (Å²) in [5.41, 5.74) is 19.1. The van der Waals surface area contributed by atoms with Gasteiger partial charge in [0.15, 0.2) is 0 Å². The fraction of sp³-hybridized carbons (Fsp3) is 1.00. The van der Waals surface area contributed by atoms with Crippen molar-refractivity contribution in [3.05, 3.63) is 0 Å². The van der Waals surface area contributed by atoms with Gasteiger partial charge in [0, 0.05) is 47.9 Å². The van der Waals surface area contributed by atoms with E-state index in [-0.39, 0.29) is 70.1 Å². The van der Waals surface area contributed by atoms with Crippen molar-refractivity contribution >= 4 is 0 Å². The molecule has 0 spiro atoms. The van der Waals surface area contributed by atoms with E-state index in [1.807, 2.05) is 0 Å². The van der Waals surface area contributed by atoms with E-state index in [2.05, 4.69) is 0 Å². The zero-order valence-electron chi connectivity index (χ0n) is 12.3. The zero-order chi connectivity index (χ0) is 13.7. The van der Waals surface area contributed by atoms with Gasteiger partial charge < -0.3 is 65.3 Å². The molecule has 0 aromatic rings. The Morgan fingerprint density at radius 3 is 0.476 bits per heavy atom. The molecule has 0 aromatic carbocycles. The smallest absolute Gasteiger partial charge is 0.0553 e. The molecule has 0 aromatic heterocycles. The fourth-order valence-electron chi connectivity index (χ4n) is 0. The molecule has 0 fully saturated rings. The van der Waals surface area contributed by atoms with Gasteiger partial charge in [0.1, 0.15) is 0 Å². The second kappa shape index (κ2) is 110. The topological polar surface area (TPSA) is 311 Å². The van der Waals surface area contributed by atoms with Crippen molar-refractivity contribution in [2.75, 3.05) is 52.6 Å². The van der Waals surface area contributed by atoms with E-state index in [4.69, 9.17) is 43.4 Å². The van der Waals surface area contributed by atoms with Crippen LogP contribution in [0.1, 0.15) is 0 Å². The third-order valence-electron chi connectivity index (χ3n) is 0.516. The van der Waals surface area contributed by atoms with Gasteiger partial charge >= 0.3 is 0 Å². The number of nitrogens with two attached hydrogens (primary N) is 4. The van der Waals surface area contributed by atoms with Crippen LogP contribution in [0.25, 0.3) is 0 Å². The van der Waals surface area contributed by atoms with E-state index in [1.54, 1.807) is 0 Å². The van der Waals surface area contributed by atoms with Crippen molar-refractivity contribution in [1.82, 2.24) is 0 Å². The maximum absolute atomic E-state index is 7.75. The van der Waals surface area contributed by atoms with Crippen molar-refractivity contribution < 1.29 is 64.0 Å². The third-order valence-corrected chi connectivity index (χ3v) is 0.516. The van der Waals surface area contributed by atoms with Crippen molar-refractivity contribution in [3.63, 3.8) is 0 Å². The predicted molar refractivity (Wildman–Crippen MR) is 79.0 cm³/mol. The molecular weight excluding hydrogens is 328 g/mol. The first kappa shape index (κ1) is 58.1. The van der Waals surface area contributed by atoms with Crippen LogP contribution in [0.5, 0.6) is 0 Å². The molecule has 0 radical (unpaired) electrons. The van der Waals surface area contributed by atoms with Crippen LogP contribution in [0.15, 0.2) is 0 Å². The number of hydrogen-bond donors (Lipinski definition) is 8. The minimum atomic E-state index is 0. The van der Waals surface area contributed by atoms with Gasteiger partial charge in [-0.05, 0) is 0 Å². The third kappa shape index (κ3) is 375. The quantitative estimate of drug-likeness (QED) is 0.221. The van der Waals surface area contributed by atoms with Crippen molar-refractivity contribution in [2.45, 2.75) is 0 Å². The van der Waals surface area contributed by atoms with Crippen LogP contribution >= 0.6 is 0 Å². The van der Waals surface area contributed by atoms with Crippen molar-refractivity contribution in [2.24, 2.45) is 22.9 Å². The monoisotopic (exact) mass is 364 g/mol. The summed E-state index contributed by atoms with van der Waals surface area (Å²) in [6, 6.07) is 0. The minimum absolute atomic E-state index is 0. The summed E-state index contributed by atoms with van der Waals surface area (Å²) in [4.78, 5) is 0. The van der Waals surface area contributed by atoms with E-state index in [9.17, 15) is 0 Å². The molecule has 0 unspecified atom stereocenters. The van der Waals surface area contributed by atoms with Gasteiger partial charge in [-0.1, -0.05) is 0 Å². The van der Waals surface area contributed by atoms with Crippen LogP contribution in [0.3, 0.4) is 0 Å². The van der Waals surface area contributed by atoms with Crippen molar-refractivity contribution in [1.29, 1.82) is 0 Å². The Balaban J connectivity index is -0.0000000121. The molecule has 12 nitrogen and oxygen atoms in total. The zero-order valence-corrected chi connectivity index (χ0v) is 13.8. The minimum Gasteiger partial charge on any atom is -0.412 e. The summed E-state index contributed by atoms with van der Waals surface area (Å²) in [6.07, 6.45) is 0. The van der Waals surface area contributed by atoms with Gasteiger partial charge in [0.2, 0.25) is 0 Å². The first-order valence-corrected chi connectivity index (χ1v) is 4.90. The number of rotatable bonds is 4. The Bertz CT molecular complexity index is 60.2. The fourth-order valence-corrected chi connectivity index (χ4v) is 0. The van der Waals surface area contributed by atoms with Crippen molar-refractivity contribution in [3.8, 4) is 0 Å². The van der Waals surface area contributed by atoms with E-state index in [0.717, 1.165) is 0 Å². The molecule has 0 saturated carbocycles. The van der Waals surface area contributed by atoms with Gasteiger partial charge in [-0.3, -0.25) is 0 Å². The van der Waals surface area contributed by atoms with Crippen LogP contribution in [0.4, 0.5) is 0 Å². The molecule has 0 bridgehead atoms. The Morgan fingerprint density at radius 2 is 0.476 bits per heavy atom. The SMILES string of the molecule is NCCO.NCCO.NCCO.NCCO.O.O.O.O.[Ti]. The Labute approximate surface area is 140 Å². The van der Waals surface area contributed by atoms with Crippen LogP contribution in [-0.4, -0.2) is 94.9 Å². The second-order valence-corrected chi connectivity index (χ2v) is 2.05. The molecule has 0 saturated heterocycles. The summed E-state index contributed by atoms with van der Waals surface area (Å²) >= 11 is 0. The Kier molecular flexibility index (Phi) is 305. The van der Waals surface area contributed by atoms with Crippen LogP contribution in [0.2, 0.25) is 0 Å². The summed E-state index contributed by atoms with van der Waals surface area (Å²) in [6.45, 7) is 1.89. The van der Waals surface area contributed by atoms with Gasteiger partial charge in [-0.15, -0.1) is 0 Å². The number of hydrogen-bond acceptors (Lipinski definition) is 8. The van der Waals surface area contributed by atoms with Gasteiger partial charge in [0.05, 0.1) is 26.4 Å². The average Bonchev–Trinajstić information content (AvgIpc) is 2.39. The molecule has 0 rings (SSSR count). The average molecular weight is 364 g/mol. The number of aliphatic hydroxyl groups is 4. The number of aliphatic hydroxyl groups excluding tert-OH is 4. The second-order valence-electron chi connectivity index (χ2n) is 2.05. The standard InChI is InChI=1S/4C2H7NO.4H2O.Ti/c4*3-1-2-4;;;;;/h4*4H,1-3H2;4*1H2;. The predicted octanol–water partition coefficient (Wildman–Crippen LogP) is -7.55. The maximum Gasteiger partial charge on any atom is 0.0553 e. The molecule has 21 heavy (non-hydrogen) atoms. The van der Waals surface area contributed by atoms with Crippen LogP contribution in [-0.2, 0) is 21.7 Å². The molecule has 0 aliphatic carbocycles. The summed E-state index contributed by atoms with van der Waals surface area (Å²) < 4.78 is 0. The Hall–Kier alpha value is 0.234. The van der Waals surface area contributed by atoms with E-state index in [0.29, 0.717) is 26.2 Å². The molecule has 0 heterocycles. The molecule has 13 heteroatoms. The molecule has 0 amide bonds. The van der Waals surface area contributed by atoms with E-state index >= 15 is 0 Å². The molecule has 0 aliphatic heterocycles. The summed E-state index contributed by atoms with van der Waals surface area (Å²) in [5.74, 6) is 0. The first-order valence-electron chi connectivity index (χ1n) is 4.90. The van der Waals surface area contributed by atoms with E-state index in [1.165, 1.54) is 0 Å². The molecule has 0 atom stereocenters. The van der Waals surface area contributed by atoms with Crippen LogP contribution in [0, 0.1) is 0 Å². The normalized spacial score (nSPS) is 5.71. The molecule has 140 valence electrons. The van der Waals surface area contributed by atoms with Crippen LogP contribution < -0.4 is 22.9 Å². The first-order chi connectivity index (χ1) is 7.66. The molecule has 20 N–H and O–H groups in total. The summed E-state index contributed by atoms with van der Waals surface area (Å²) in [7, 11) is 0. The molecule has 0 aliphatic rings. The summed E-state index contributed by atoms with van der Waals surface area (Å²) in [5, 5.41) is 31.0. The Morgan fingerprint density at radius 1 is 0.429 bits per heavy atom. The largest absolute Gasteiger partial charge is 0.412 e. The van der Waals surface area contributed by atoms with E-state index < -0.39 is 0 Å². The van der Waals surface area contributed by atoms with Gasteiger partial charge in [-0.25, -0.2) is 0 Å².